The summed E-state index contributed by atoms with van der Waals surface area (Å²) in [5.41, 5.74) is 1.38. The summed E-state index contributed by atoms with van der Waals surface area (Å²) in [7, 11) is 0. The fourth-order valence-electron chi connectivity index (χ4n) is 2.28. The van der Waals surface area contributed by atoms with E-state index < -0.39 is 0 Å². The van der Waals surface area contributed by atoms with Crippen LogP contribution in [0.1, 0.15) is 19.8 Å². The standard InChI is InChI=1S/C19H18Cl2N2O2S/c1-11(18(24)23-14-6-9-16(20)17(21)10-14)26-15-7-4-13(5-8-15)22-19(25)12-2-3-12/h4-12H,2-3H2,1H3,(H,22,25)(H,23,24). The number of carbonyl (C=O) groups excluding carboxylic acids is 2. The summed E-state index contributed by atoms with van der Waals surface area (Å²) >= 11 is 13.3. The van der Waals surface area contributed by atoms with Crippen molar-refractivity contribution in [1.29, 1.82) is 0 Å². The van der Waals surface area contributed by atoms with E-state index in [-0.39, 0.29) is 23.0 Å². The first kappa shape index (κ1) is 19.1. The molecule has 1 unspecified atom stereocenters. The van der Waals surface area contributed by atoms with Gasteiger partial charge in [0, 0.05) is 22.2 Å². The first-order chi connectivity index (χ1) is 12.4. The smallest absolute Gasteiger partial charge is 0.237 e. The van der Waals surface area contributed by atoms with Gasteiger partial charge in [0.25, 0.3) is 0 Å². The highest BCUT2D eigenvalue weighted by Gasteiger charge is 2.29. The van der Waals surface area contributed by atoms with Crippen molar-refractivity contribution in [1.82, 2.24) is 0 Å². The Labute approximate surface area is 166 Å². The molecule has 0 saturated heterocycles. The number of amides is 2. The maximum Gasteiger partial charge on any atom is 0.237 e. The van der Waals surface area contributed by atoms with Crippen molar-refractivity contribution in [2.24, 2.45) is 5.92 Å². The quantitative estimate of drug-likeness (QED) is 0.623. The van der Waals surface area contributed by atoms with Gasteiger partial charge in [-0.1, -0.05) is 23.2 Å². The maximum atomic E-state index is 12.3. The Balaban J connectivity index is 1.54. The van der Waals surface area contributed by atoms with E-state index in [1.165, 1.54) is 11.8 Å². The van der Waals surface area contributed by atoms with E-state index in [0.717, 1.165) is 23.4 Å². The summed E-state index contributed by atoms with van der Waals surface area (Å²) in [5.74, 6) is 0.133. The van der Waals surface area contributed by atoms with E-state index in [9.17, 15) is 9.59 Å². The Kier molecular flexibility index (Phi) is 6.12. The highest BCUT2D eigenvalue weighted by Crippen LogP contribution is 2.31. The van der Waals surface area contributed by atoms with E-state index in [0.29, 0.717) is 15.7 Å². The van der Waals surface area contributed by atoms with Crippen LogP contribution in [-0.2, 0) is 9.59 Å². The molecule has 0 bridgehead atoms. The maximum absolute atomic E-state index is 12.3. The molecule has 2 amide bonds. The lowest BCUT2D eigenvalue weighted by Gasteiger charge is -2.13. The average molecular weight is 409 g/mol. The van der Waals surface area contributed by atoms with Gasteiger partial charge in [0.2, 0.25) is 11.8 Å². The van der Waals surface area contributed by atoms with E-state index in [2.05, 4.69) is 10.6 Å². The number of hydrogen-bond acceptors (Lipinski definition) is 3. The molecule has 1 aliphatic rings. The van der Waals surface area contributed by atoms with Gasteiger partial charge in [-0.05, 0) is 62.2 Å². The Hall–Kier alpha value is -1.69. The third kappa shape index (κ3) is 5.16. The first-order valence-corrected chi connectivity index (χ1v) is 9.89. The highest BCUT2D eigenvalue weighted by molar-refractivity contribution is 8.00. The lowest BCUT2D eigenvalue weighted by Crippen LogP contribution is -2.22. The van der Waals surface area contributed by atoms with Gasteiger partial charge in [0.15, 0.2) is 0 Å². The summed E-state index contributed by atoms with van der Waals surface area (Å²) in [6.07, 6.45) is 1.95. The van der Waals surface area contributed by atoms with Crippen LogP contribution in [0.2, 0.25) is 10.0 Å². The molecule has 26 heavy (non-hydrogen) atoms. The molecule has 1 aliphatic carbocycles. The number of benzene rings is 2. The zero-order chi connectivity index (χ0) is 18.7. The Bertz CT molecular complexity index is 823. The van der Waals surface area contributed by atoms with Crippen LogP contribution in [0.25, 0.3) is 0 Å². The van der Waals surface area contributed by atoms with Gasteiger partial charge in [-0.2, -0.15) is 0 Å². The summed E-state index contributed by atoms with van der Waals surface area (Å²) in [6.45, 7) is 1.83. The van der Waals surface area contributed by atoms with Crippen LogP contribution >= 0.6 is 35.0 Å². The molecule has 0 heterocycles. The van der Waals surface area contributed by atoms with Crippen molar-refractivity contribution in [3.05, 3.63) is 52.5 Å². The van der Waals surface area contributed by atoms with Crippen molar-refractivity contribution >= 4 is 58.2 Å². The second-order valence-corrected chi connectivity index (χ2v) is 8.39. The Morgan fingerprint density at radius 2 is 1.65 bits per heavy atom. The highest BCUT2D eigenvalue weighted by atomic mass is 35.5. The van der Waals surface area contributed by atoms with Gasteiger partial charge in [-0.15, -0.1) is 11.8 Å². The lowest BCUT2D eigenvalue weighted by atomic mass is 10.3. The van der Waals surface area contributed by atoms with E-state index in [4.69, 9.17) is 23.2 Å². The number of anilines is 2. The van der Waals surface area contributed by atoms with Crippen molar-refractivity contribution in [3.8, 4) is 0 Å². The molecular weight excluding hydrogens is 391 g/mol. The largest absolute Gasteiger partial charge is 0.326 e. The topological polar surface area (TPSA) is 58.2 Å². The van der Waals surface area contributed by atoms with Crippen molar-refractivity contribution < 1.29 is 9.59 Å². The normalized spacial score (nSPS) is 14.6. The number of hydrogen-bond donors (Lipinski definition) is 2. The van der Waals surface area contributed by atoms with Crippen molar-refractivity contribution in [3.63, 3.8) is 0 Å². The first-order valence-electron chi connectivity index (χ1n) is 8.26. The minimum atomic E-state index is -0.295. The second-order valence-electron chi connectivity index (χ2n) is 6.17. The average Bonchev–Trinajstić information content (AvgIpc) is 3.45. The molecule has 0 spiro atoms. The predicted octanol–water partition coefficient (Wildman–Crippen LogP) is 5.46. The summed E-state index contributed by atoms with van der Waals surface area (Å²) in [6, 6.07) is 12.5. The van der Waals surface area contributed by atoms with Crippen LogP contribution < -0.4 is 10.6 Å². The number of carbonyl (C=O) groups is 2. The number of rotatable bonds is 6. The Morgan fingerprint density at radius 3 is 2.27 bits per heavy atom. The molecular formula is C19H18Cl2N2O2S. The number of thioether (sulfide) groups is 1. The van der Waals surface area contributed by atoms with Crippen molar-refractivity contribution in [2.45, 2.75) is 29.9 Å². The summed E-state index contributed by atoms with van der Waals surface area (Å²) in [5, 5.41) is 6.27. The molecule has 0 radical (unpaired) electrons. The van der Waals surface area contributed by atoms with Crippen molar-refractivity contribution in [2.75, 3.05) is 10.6 Å². The van der Waals surface area contributed by atoms with Gasteiger partial charge >= 0.3 is 0 Å². The fraction of sp³-hybridized carbons (Fsp3) is 0.263. The third-order valence-corrected chi connectivity index (χ3v) is 5.79. The predicted molar refractivity (Wildman–Crippen MR) is 108 cm³/mol. The van der Waals surface area contributed by atoms with Gasteiger partial charge in [0.1, 0.15) is 0 Å². The molecule has 3 rings (SSSR count). The van der Waals surface area contributed by atoms with Crippen LogP contribution in [0.15, 0.2) is 47.4 Å². The van der Waals surface area contributed by atoms with Gasteiger partial charge in [-0.3, -0.25) is 9.59 Å². The molecule has 4 nitrogen and oxygen atoms in total. The van der Waals surface area contributed by atoms with E-state index in [1.807, 2.05) is 31.2 Å². The van der Waals surface area contributed by atoms with Gasteiger partial charge in [0.05, 0.1) is 15.3 Å². The summed E-state index contributed by atoms with van der Waals surface area (Å²) in [4.78, 5) is 25.1. The van der Waals surface area contributed by atoms with Crippen LogP contribution in [0.3, 0.4) is 0 Å². The number of nitrogens with one attached hydrogen (secondary N) is 2. The van der Waals surface area contributed by atoms with E-state index in [1.54, 1.807) is 18.2 Å². The molecule has 2 aromatic rings. The molecule has 0 aromatic heterocycles. The molecule has 2 aromatic carbocycles. The van der Waals surface area contributed by atoms with Crippen LogP contribution in [0.4, 0.5) is 11.4 Å². The molecule has 1 fully saturated rings. The third-order valence-electron chi connectivity index (χ3n) is 3.94. The van der Waals surface area contributed by atoms with Crippen LogP contribution in [-0.4, -0.2) is 17.1 Å². The zero-order valence-corrected chi connectivity index (χ0v) is 16.4. The molecule has 2 N–H and O–H groups in total. The molecule has 0 aliphatic heterocycles. The zero-order valence-electron chi connectivity index (χ0n) is 14.1. The molecule has 7 heteroatoms. The van der Waals surface area contributed by atoms with E-state index >= 15 is 0 Å². The van der Waals surface area contributed by atoms with Gasteiger partial charge in [-0.25, -0.2) is 0 Å². The lowest BCUT2D eigenvalue weighted by molar-refractivity contribution is -0.117. The molecule has 1 atom stereocenters. The van der Waals surface area contributed by atoms with Crippen LogP contribution in [0.5, 0.6) is 0 Å². The fourth-order valence-corrected chi connectivity index (χ4v) is 3.45. The molecule has 136 valence electrons. The monoisotopic (exact) mass is 408 g/mol. The number of halogens is 2. The molecule has 1 saturated carbocycles. The summed E-state index contributed by atoms with van der Waals surface area (Å²) < 4.78 is 0. The minimum absolute atomic E-state index is 0.0831. The van der Waals surface area contributed by atoms with Crippen LogP contribution in [0, 0.1) is 5.92 Å². The Morgan fingerprint density at radius 1 is 1.00 bits per heavy atom. The SMILES string of the molecule is CC(Sc1ccc(NC(=O)C2CC2)cc1)C(=O)Nc1ccc(Cl)c(Cl)c1. The second kappa shape index (κ2) is 8.33. The van der Waals surface area contributed by atoms with Gasteiger partial charge < -0.3 is 10.6 Å². The minimum Gasteiger partial charge on any atom is -0.326 e.